The molecule has 0 N–H and O–H groups in total. The Hall–Kier alpha value is -2.13. The molecule has 0 saturated carbocycles. The highest BCUT2D eigenvalue weighted by molar-refractivity contribution is 7.91. The molecular weight excluding hydrogens is 408 g/mol. The second-order valence-corrected chi connectivity index (χ2v) is 10.3. The lowest BCUT2D eigenvalue weighted by Crippen LogP contribution is -2.52. The van der Waals surface area contributed by atoms with Gasteiger partial charge in [-0.3, -0.25) is 14.5 Å². The van der Waals surface area contributed by atoms with Gasteiger partial charge in [-0.15, -0.1) is 0 Å². The van der Waals surface area contributed by atoms with Crippen molar-refractivity contribution in [2.75, 3.05) is 50.9 Å². The summed E-state index contributed by atoms with van der Waals surface area (Å²) in [4.78, 5) is 29.1. The minimum Gasteiger partial charge on any atom is -0.490 e. The lowest BCUT2D eigenvalue weighted by Gasteiger charge is -2.37. The molecule has 8 nitrogen and oxygen atoms in total. The lowest BCUT2D eigenvalue weighted by molar-refractivity contribution is -0.133. The zero-order valence-corrected chi connectivity index (χ0v) is 17.9. The summed E-state index contributed by atoms with van der Waals surface area (Å²) in [6.07, 6.45) is 1.81. The third-order valence-electron chi connectivity index (χ3n) is 6.03. The molecule has 0 bridgehead atoms. The van der Waals surface area contributed by atoms with E-state index in [4.69, 9.17) is 9.47 Å². The molecule has 1 atom stereocenters. The van der Waals surface area contributed by atoms with E-state index in [0.29, 0.717) is 62.9 Å². The molecule has 4 rings (SSSR count). The van der Waals surface area contributed by atoms with Gasteiger partial charge in [0.2, 0.25) is 5.91 Å². The van der Waals surface area contributed by atoms with Gasteiger partial charge in [0.1, 0.15) is 0 Å². The second kappa shape index (κ2) is 8.93. The number of piperazine rings is 1. The van der Waals surface area contributed by atoms with Gasteiger partial charge >= 0.3 is 0 Å². The number of ketones is 1. The van der Waals surface area contributed by atoms with Crippen LogP contribution >= 0.6 is 0 Å². The normalized spacial score (nSPS) is 23.7. The average molecular weight is 437 g/mol. The van der Waals surface area contributed by atoms with E-state index in [0.717, 1.165) is 6.42 Å². The maximum Gasteiger partial charge on any atom is 0.223 e. The fourth-order valence-corrected chi connectivity index (χ4v) is 6.02. The second-order valence-electron chi connectivity index (χ2n) is 8.11. The van der Waals surface area contributed by atoms with Crippen LogP contribution < -0.4 is 9.47 Å². The quantitative estimate of drug-likeness (QED) is 0.639. The fourth-order valence-electron chi connectivity index (χ4n) is 4.26. The summed E-state index contributed by atoms with van der Waals surface area (Å²) in [5, 5.41) is 0. The molecule has 0 aliphatic carbocycles. The summed E-state index contributed by atoms with van der Waals surface area (Å²) >= 11 is 0. The molecule has 3 heterocycles. The number of ether oxygens (including phenoxy) is 2. The Bertz CT molecular complexity index is 908. The summed E-state index contributed by atoms with van der Waals surface area (Å²) in [6.45, 7) is 3.67. The highest BCUT2D eigenvalue weighted by Crippen LogP contribution is 2.31. The van der Waals surface area contributed by atoms with Crippen molar-refractivity contribution in [3.8, 4) is 11.5 Å². The maximum absolute atomic E-state index is 12.6. The Balaban J connectivity index is 1.25. The molecule has 1 aromatic rings. The smallest absolute Gasteiger partial charge is 0.223 e. The van der Waals surface area contributed by atoms with Crippen molar-refractivity contribution in [2.45, 2.75) is 31.7 Å². The molecule has 3 aliphatic rings. The Labute approximate surface area is 177 Å². The van der Waals surface area contributed by atoms with Crippen LogP contribution in [0.15, 0.2) is 18.2 Å². The summed E-state index contributed by atoms with van der Waals surface area (Å²) in [7, 11) is -2.90. The van der Waals surface area contributed by atoms with Gasteiger partial charge in [-0.1, -0.05) is 0 Å². The Morgan fingerprint density at radius 2 is 1.73 bits per heavy atom. The number of hydrogen-bond acceptors (Lipinski definition) is 7. The van der Waals surface area contributed by atoms with E-state index in [9.17, 15) is 18.0 Å². The van der Waals surface area contributed by atoms with Crippen LogP contribution in [0.3, 0.4) is 0 Å². The van der Waals surface area contributed by atoms with E-state index < -0.39 is 9.84 Å². The van der Waals surface area contributed by atoms with Gasteiger partial charge in [-0.2, -0.15) is 0 Å². The standard InChI is InChI=1S/C21H28N2O6S/c24-18(16-2-4-19-20(14-16)29-12-1-11-28-19)3-5-21(25)23-9-7-22(8-10-23)17-6-13-30(26,27)15-17/h2,4,14,17H,1,3,5-13,15H2/t17-/m1/s1. The van der Waals surface area contributed by atoms with Crippen LogP contribution in [0.1, 0.15) is 36.0 Å². The fraction of sp³-hybridized carbons (Fsp3) is 0.619. The number of nitrogens with zero attached hydrogens (tertiary/aromatic N) is 2. The molecule has 0 spiro atoms. The van der Waals surface area contributed by atoms with E-state index in [1.165, 1.54) is 0 Å². The first kappa shape index (κ1) is 21.1. The average Bonchev–Trinajstić information content (AvgIpc) is 2.96. The molecule has 164 valence electrons. The Kier molecular flexibility index (Phi) is 6.29. The molecular formula is C21H28N2O6S. The number of hydrogen-bond donors (Lipinski definition) is 0. The summed E-state index contributed by atoms with van der Waals surface area (Å²) in [6, 6.07) is 5.24. The number of amides is 1. The maximum atomic E-state index is 12.6. The number of carbonyl (C=O) groups is 2. The van der Waals surface area contributed by atoms with E-state index in [-0.39, 0.29) is 42.1 Å². The predicted molar refractivity (Wildman–Crippen MR) is 111 cm³/mol. The summed E-state index contributed by atoms with van der Waals surface area (Å²) in [5.41, 5.74) is 0.527. The number of benzene rings is 1. The van der Waals surface area contributed by atoms with E-state index in [1.54, 1.807) is 23.1 Å². The van der Waals surface area contributed by atoms with Gasteiger partial charge < -0.3 is 14.4 Å². The van der Waals surface area contributed by atoms with Crippen molar-refractivity contribution in [1.82, 2.24) is 9.80 Å². The van der Waals surface area contributed by atoms with E-state index >= 15 is 0 Å². The monoisotopic (exact) mass is 436 g/mol. The van der Waals surface area contributed by atoms with Crippen molar-refractivity contribution < 1.29 is 27.5 Å². The van der Waals surface area contributed by atoms with Crippen molar-refractivity contribution in [1.29, 1.82) is 0 Å². The molecule has 2 fully saturated rings. The van der Waals surface area contributed by atoms with Crippen molar-refractivity contribution >= 4 is 21.5 Å². The molecule has 0 unspecified atom stereocenters. The SMILES string of the molecule is O=C(CCC(=O)N1CCN([C@@H]2CCS(=O)(=O)C2)CC1)c1ccc2c(c1)OCCCO2. The number of Topliss-reactive ketones (excluding diaryl/α,β-unsaturated/α-hetero) is 1. The van der Waals surface area contributed by atoms with Crippen LogP contribution in [0.2, 0.25) is 0 Å². The molecule has 9 heteroatoms. The highest BCUT2D eigenvalue weighted by Gasteiger charge is 2.34. The first-order valence-electron chi connectivity index (χ1n) is 10.6. The summed E-state index contributed by atoms with van der Waals surface area (Å²) < 4.78 is 34.6. The predicted octanol–water partition coefficient (Wildman–Crippen LogP) is 1.14. The van der Waals surface area contributed by atoms with Gasteiger partial charge in [-0.05, 0) is 24.6 Å². The van der Waals surface area contributed by atoms with Gasteiger partial charge in [-0.25, -0.2) is 8.42 Å². The Morgan fingerprint density at radius 3 is 2.43 bits per heavy atom. The number of fused-ring (bicyclic) bond motifs is 1. The first-order valence-corrected chi connectivity index (χ1v) is 12.4. The highest BCUT2D eigenvalue weighted by atomic mass is 32.2. The molecule has 2 saturated heterocycles. The molecule has 30 heavy (non-hydrogen) atoms. The minimum absolute atomic E-state index is 0.0311. The van der Waals surface area contributed by atoms with Crippen molar-refractivity contribution in [2.24, 2.45) is 0 Å². The van der Waals surface area contributed by atoms with Crippen molar-refractivity contribution in [3.63, 3.8) is 0 Å². The first-order chi connectivity index (χ1) is 14.4. The molecule has 3 aliphatic heterocycles. The van der Waals surface area contributed by atoms with Crippen LogP contribution in [0.5, 0.6) is 11.5 Å². The number of carbonyl (C=O) groups excluding carboxylic acids is 2. The van der Waals surface area contributed by atoms with E-state index in [2.05, 4.69) is 4.90 Å². The zero-order valence-electron chi connectivity index (χ0n) is 17.0. The number of sulfone groups is 1. The number of rotatable bonds is 5. The third kappa shape index (κ3) is 4.95. The van der Waals surface area contributed by atoms with Gasteiger partial charge in [0.25, 0.3) is 0 Å². The topological polar surface area (TPSA) is 93.2 Å². The van der Waals surface area contributed by atoms with Gasteiger partial charge in [0, 0.05) is 57.0 Å². The summed E-state index contributed by atoms with van der Waals surface area (Å²) in [5.74, 6) is 1.59. The van der Waals surface area contributed by atoms with E-state index in [1.807, 2.05) is 0 Å². The van der Waals surface area contributed by atoms with Gasteiger partial charge in [0.05, 0.1) is 24.7 Å². The Morgan fingerprint density at radius 1 is 1.00 bits per heavy atom. The van der Waals surface area contributed by atoms with Crippen LogP contribution in [-0.2, 0) is 14.6 Å². The molecule has 0 aromatic heterocycles. The van der Waals surface area contributed by atoms with Crippen LogP contribution in [-0.4, -0.2) is 86.8 Å². The lowest BCUT2D eigenvalue weighted by atomic mass is 10.1. The van der Waals surface area contributed by atoms with Crippen LogP contribution in [0, 0.1) is 0 Å². The molecule has 1 amide bonds. The molecule has 0 radical (unpaired) electrons. The van der Waals surface area contributed by atoms with Crippen molar-refractivity contribution in [3.05, 3.63) is 23.8 Å². The third-order valence-corrected chi connectivity index (χ3v) is 7.78. The zero-order chi connectivity index (χ0) is 21.1. The largest absolute Gasteiger partial charge is 0.490 e. The van der Waals surface area contributed by atoms with Gasteiger partial charge in [0.15, 0.2) is 27.1 Å². The van der Waals surface area contributed by atoms with Crippen LogP contribution in [0.4, 0.5) is 0 Å². The molecule has 1 aromatic carbocycles. The van der Waals surface area contributed by atoms with Crippen LogP contribution in [0.25, 0.3) is 0 Å². The minimum atomic E-state index is -2.90.